The molecule has 0 bridgehead atoms. The van der Waals surface area contributed by atoms with Crippen LogP contribution in [0.2, 0.25) is 0 Å². The number of hydrogen-bond acceptors (Lipinski definition) is 1. The van der Waals surface area contributed by atoms with E-state index in [9.17, 15) is 4.79 Å². The molecule has 0 aromatic heterocycles. The molecule has 0 spiro atoms. The lowest BCUT2D eigenvalue weighted by Gasteiger charge is -2.29. The van der Waals surface area contributed by atoms with Gasteiger partial charge in [-0.15, -0.1) is 0 Å². The van der Waals surface area contributed by atoms with Crippen LogP contribution in [0, 0.1) is 0 Å². The molecule has 1 aromatic rings. The van der Waals surface area contributed by atoms with E-state index in [2.05, 4.69) is 24.3 Å². The average molecular weight is 174 g/mol. The van der Waals surface area contributed by atoms with Crippen LogP contribution in [0.15, 0.2) is 24.3 Å². The first-order chi connectivity index (χ1) is 6.31. The van der Waals surface area contributed by atoms with E-state index in [0.717, 1.165) is 12.8 Å². The third-order valence-corrected chi connectivity index (χ3v) is 2.83. The summed E-state index contributed by atoms with van der Waals surface area (Å²) in [5.74, 6) is 0.906. The molecule has 0 amide bonds. The Labute approximate surface area is 78.8 Å². The van der Waals surface area contributed by atoms with Crippen LogP contribution in [0.3, 0.4) is 0 Å². The van der Waals surface area contributed by atoms with E-state index in [0.29, 0.717) is 18.1 Å². The van der Waals surface area contributed by atoms with Gasteiger partial charge in [-0.1, -0.05) is 31.2 Å². The van der Waals surface area contributed by atoms with Gasteiger partial charge in [-0.05, 0) is 23.5 Å². The van der Waals surface area contributed by atoms with Gasteiger partial charge in [0.05, 0.1) is 0 Å². The molecule has 0 aliphatic heterocycles. The fraction of sp³-hybridized carbons (Fsp3) is 0.417. The summed E-state index contributed by atoms with van der Waals surface area (Å²) in [5.41, 5.74) is 2.82. The van der Waals surface area contributed by atoms with Crippen LogP contribution >= 0.6 is 0 Å². The Hall–Kier alpha value is -1.11. The number of carbonyl (C=O) groups is 1. The van der Waals surface area contributed by atoms with Gasteiger partial charge in [-0.3, -0.25) is 4.79 Å². The lowest BCUT2D eigenvalue weighted by molar-refractivity contribution is -0.119. The molecule has 0 fully saturated rings. The Morgan fingerprint density at radius 1 is 1.46 bits per heavy atom. The molecule has 0 saturated heterocycles. The summed E-state index contributed by atoms with van der Waals surface area (Å²) in [5, 5.41) is 0. The molecule has 0 saturated carbocycles. The first kappa shape index (κ1) is 8.49. The van der Waals surface area contributed by atoms with Gasteiger partial charge in [0.25, 0.3) is 0 Å². The summed E-state index contributed by atoms with van der Waals surface area (Å²) in [6, 6.07) is 8.42. The molecule has 1 aliphatic carbocycles. The van der Waals surface area contributed by atoms with Crippen molar-refractivity contribution in [2.75, 3.05) is 0 Å². The second-order valence-electron chi connectivity index (χ2n) is 3.70. The highest BCUT2D eigenvalue weighted by atomic mass is 16.1. The highest BCUT2D eigenvalue weighted by molar-refractivity contribution is 5.79. The first-order valence-corrected chi connectivity index (χ1v) is 4.90. The molecule has 13 heavy (non-hydrogen) atoms. The molecular formula is C12H14O. The second-order valence-corrected chi connectivity index (χ2v) is 3.70. The zero-order valence-corrected chi connectivity index (χ0v) is 7.92. The maximum atomic E-state index is 11.2. The number of hydrogen-bond donors (Lipinski definition) is 0. The Balaban J connectivity index is 2.05. The molecule has 2 rings (SSSR count). The third kappa shape index (κ3) is 1.51. The number of Topliss-reactive ketones (excluding diaryl/α,β-unsaturated/α-hetero) is 1. The molecule has 0 heterocycles. The molecular weight excluding hydrogens is 160 g/mol. The Bertz CT molecular complexity index is 328. The summed E-state index contributed by atoms with van der Waals surface area (Å²) >= 11 is 0. The van der Waals surface area contributed by atoms with E-state index >= 15 is 0 Å². The Morgan fingerprint density at radius 2 is 2.23 bits per heavy atom. The lowest BCUT2D eigenvalue weighted by Crippen LogP contribution is -2.19. The molecule has 1 heteroatoms. The van der Waals surface area contributed by atoms with Gasteiger partial charge in [-0.25, -0.2) is 0 Å². The minimum Gasteiger partial charge on any atom is -0.300 e. The molecule has 1 aromatic carbocycles. The summed E-state index contributed by atoms with van der Waals surface area (Å²) in [4.78, 5) is 11.2. The SMILES string of the molecule is CCC(=O)CC1Cc2ccccc21. The smallest absolute Gasteiger partial charge is 0.133 e. The Morgan fingerprint density at radius 3 is 2.92 bits per heavy atom. The van der Waals surface area contributed by atoms with Crippen molar-refractivity contribution >= 4 is 5.78 Å². The largest absolute Gasteiger partial charge is 0.300 e. The normalized spacial score (nSPS) is 19.0. The molecule has 1 aliphatic rings. The van der Waals surface area contributed by atoms with E-state index in [1.54, 1.807) is 0 Å². The van der Waals surface area contributed by atoms with E-state index in [1.165, 1.54) is 11.1 Å². The number of rotatable bonds is 3. The lowest BCUT2D eigenvalue weighted by atomic mass is 9.75. The van der Waals surface area contributed by atoms with E-state index in [4.69, 9.17) is 0 Å². The van der Waals surface area contributed by atoms with Crippen LogP contribution in [0.1, 0.15) is 36.8 Å². The van der Waals surface area contributed by atoms with Crippen molar-refractivity contribution in [3.05, 3.63) is 35.4 Å². The summed E-state index contributed by atoms with van der Waals surface area (Å²) in [6.45, 7) is 1.94. The third-order valence-electron chi connectivity index (χ3n) is 2.83. The zero-order valence-electron chi connectivity index (χ0n) is 7.92. The number of fused-ring (bicyclic) bond motifs is 1. The molecule has 1 atom stereocenters. The summed E-state index contributed by atoms with van der Waals surface area (Å²) < 4.78 is 0. The van der Waals surface area contributed by atoms with E-state index < -0.39 is 0 Å². The fourth-order valence-corrected chi connectivity index (χ4v) is 1.96. The number of ketones is 1. The van der Waals surface area contributed by atoms with Crippen LogP contribution < -0.4 is 0 Å². The van der Waals surface area contributed by atoms with Crippen molar-refractivity contribution in [2.24, 2.45) is 0 Å². The maximum absolute atomic E-state index is 11.2. The van der Waals surface area contributed by atoms with Gasteiger partial charge in [0, 0.05) is 12.8 Å². The van der Waals surface area contributed by atoms with E-state index in [-0.39, 0.29) is 0 Å². The first-order valence-electron chi connectivity index (χ1n) is 4.90. The Kier molecular flexibility index (Phi) is 2.17. The second kappa shape index (κ2) is 3.33. The van der Waals surface area contributed by atoms with Gasteiger partial charge >= 0.3 is 0 Å². The maximum Gasteiger partial charge on any atom is 0.133 e. The van der Waals surface area contributed by atoms with Crippen molar-refractivity contribution in [3.8, 4) is 0 Å². The van der Waals surface area contributed by atoms with Crippen molar-refractivity contribution in [1.82, 2.24) is 0 Å². The highest BCUT2D eigenvalue weighted by Gasteiger charge is 2.26. The van der Waals surface area contributed by atoms with Crippen molar-refractivity contribution < 1.29 is 4.79 Å². The quantitative estimate of drug-likeness (QED) is 0.688. The zero-order chi connectivity index (χ0) is 9.26. The van der Waals surface area contributed by atoms with Crippen LogP contribution in [-0.4, -0.2) is 5.78 Å². The number of benzene rings is 1. The fourth-order valence-electron chi connectivity index (χ4n) is 1.96. The molecule has 0 N–H and O–H groups in total. The molecule has 1 unspecified atom stereocenters. The standard InChI is InChI=1S/C12H14O/c1-2-11(13)8-10-7-9-5-3-4-6-12(9)10/h3-6,10H,2,7-8H2,1H3. The predicted molar refractivity (Wildman–Crippen MR) is 52.8 cm³/mol. The summed E-state index contributed by atoms with van der Waals surface area (Å²) in [6.07, 6.45) is 2.52. The van der Waals surface area contributed by atoms with E-state index in [1.807, 2.05) is 6.92 Å². The topological polar surface area (TPSA) is 17.1 Å². The van der Waals surface area contributed by atoms with Crippen LogP contribution in [0.25, 0.3) is 0 Å². The minimum absolute atomic E-state index is 0.388. The minimum atomic E-state index is 0.388. The van der Waals surface area contributed by atoms with Gasteiger partial charge in [0.2, 0.25) is 0 Å². The predicted octanol–water partition coefficient (Wildman–Crippen LogP) is 2.70. The van der Waals surface area contributed by atoms with Crippen LogP contribution in [0.4, 0.5) is 0 Å². The van der Waals surface area contributed by atoms with Crippen molar-refractivity contribution in [3.63, 3.8) is 0 Å². The highest BCUT2D eigenvalue weighted by Crippen LogP contribution is 2.37. The molecule has 1 nitrogen and oxygen atoms in total. The number of carbonyl (C=O) groups excluding carboxylic acids is 1. The molecule has 68 valence electrons. The summed E-state index contributed by atoms with van der Waals surface area (Å²) in [7, 11) is 0. The van der Waals surface area contributed by atoms with Gasteiger partial charge in [-0.2, -0.15) is 0 Å². The van der Waals surface area contributed by atoms with Crippen LogP contribution in [-0.2, 0) is 11.2 Å². The monoisotopic (exact) mass is 174 g/mol. The van der Waals surface area contributed by atoms with Crippen LogP contribution in [0.5, 0.6) is 0 Å². The van der Waals surface area contributed by atoms with Gasteiger partial charge in [0.15, 0.2) is 0 Å². The average Bonchev–Trinajstić information content (AvgIpc) is 2.14. The van der Waals surface area contributed by atoms with Crippen molar-refractivity contribution in [2.45, 2.75) is 32.1 Å². The molecule has 0 radical (unpaired) electrons. The van der Waals surface area contributed by atoms with Crippen molar-refractivity contribution in [1.29, 1.82) is 0 Å². The van der Waals surface area contributed by atoms with Gasteiger partial charge < -0.3 is 0 Å². The van der Waals surface area contributed by atoms with Gasteiger partial charge in [0.1, 0.15) is 5.78 Å².